The van der Waals surface area contributed by atoms with Gasteiger partial charge in [-0.1, -0.05) is 12.1 Å². The molecule has 0 saturated heterocycles. The molecule has 0 aliphatic carbocycles. The van der Waals surface area contributed by atoms with Crippen molar-refractivity contribution in [1.82, 2.24) is 14.9 Å². The molecule has 0 fully saturated rings. The number of aliphatic hydroxyl groups is 1. The standard InChI is InChI=1S/C18H21N3O3/c1-13-7-8-16(24-13)18(2,23)11-19-17(22)9-10-21-12-20-14-5-3-4-6-15(14)21/h3-8,12,23H,9-11H2,1-2H3,(H,19,22). The highest BCUT2D eigenvalue weighted by atomic mass is 16.4. The van der Waals surface area contributed by atoms with E-state index in [-0.39, 0.29) is 12.5 Å². The highest BCUT2D eigenvalue weighted by Crippen LogP contribution is 2.22. The molecule has 0 saturated carbocycles. The Bertz CT molecular complexity index is 848. The molecule has 6 nitrogen and oxygen atoms in total. The first-order valence-corrected chi connectivity index (χ1v) is 7.91. The van der Waals surface area contributed by atoms with Crippen LogP contribution in [0, 0.1) is 6.92 Å². The molecule has 1 atom stereocenters. The van der Waals surface area contributed by atoms with E-state index in [0.717, 1.165) is 16.8 Å². The number of hydrogen-bond donors (Lipinski definition) is 2. The molecule has 3 rings (SSSR count). The summed E-state index contributed by atoms with van der Waals surface area (Å²) in [6, 6.07) is 11.3. The summed E-state index contributed by atoms with van der Waals surface area (Å²) in [5, 5.41) is 13.2. The number of aryl methyl sites for hydroxylation is 2. The van der Waals surface area contributed by atoms with Crippen molar-refractivity contribution in [3.8, 4) is 0 Å². The summed E-state index contributed by atoms with van der Waals surface area (Å²) in [6.07, 6.45) is 2.05. The van der Waals surface area contributed by atoms with E-state index in [1.807, 2.05) is 35.8 Å². The van der Waals surface area contributed by atoms with Crippen molar-refractivity contribution < 1.29 is 14.3 Å². The number of rotatable bonds is 6. The van der Waals surface area contributed by atoms with Gasteiger partial charge in [0.05, 0.1) is 23.9 Å². The van der Waals surface area contributed by atoms with Crippen LogP contribution in [0.1, 0.15) is 24.9 Å². The van der Waals surface area contributed by atoms with Gasteiger partial charge in [0.15, 0.2) is 0 Å². The van der Waals surface area contributed by atoms with Gasteiger partial charge in [0.2, 0.25) is 5.91 Å². The van der Waals surface area contributed by atoms with Gasteiger partial charge in [0, 0.05) is 13.0 Å². The minimum absolute atomic E-state index is 0.101. The summed E-state index contributed by atoms with van der Waals surface area (Å²) in [4.78, 5) is 16.4. The molecule has 1 aromatic carbocycles. The predicted molar refractivity (Wildman–Crippen MR) is 90.4 cm³/mol. The van der Waals surface area contributed by atoms with Gasteiger partial charge in [-0.15, -0.1) is 0 Å². The van der Waals surface area contributed by atoms with Crippen LogP contribution >= 0.6 is 0 Å². The molecule has 0 aliphatic heterocycles. The molecular formula is C18H21N3O3. The van der Waals surface area contributed by atoms with Crippen molar-refractivity contribution in [2.45, 2.75) is 32.4 Å². The molecule has 0 aliphatic rings. The number of carbonyl (C=O) groups excluding carboxylic acids is 1. The molecule has 0 radical (unpaired) electrons. The molecule has 0 bridgehead atoms. The smallest absolute Gasteiger partial charge is 0.221 e. The first kappa shape index (κ1) is 16.3. The summed E-state index contributed by atoms with van der Waals surface area (Å²) < 4.78 is 7.38. The lowest BCUT2D eigenvalue weighted by atomic mass is 10.0. The Labute approximate surface area is 140 Å². The zero-order valence-electron chi connectivity index (χ0n) is 13.8. The van der Waals surface area contributed by atoms with Crippen LogP contribution in [-0.2, 0) is 16.9 Å². The third-order valence-corrected chi connectivity index (χ3v) is 4.01. The van der Waals surface area contributed by atoms with E-state index in [4.69, 9.17) is 4.42 Å². The molecule has 6 heteroatoms. The fourth-order valence-electron chi connectivity index (χ4n) is 2.58. The molecule has 126 valence electrons. The Hall–Kier alpha value is -2.60. The summed E-state index contributed by atoms with van der Waals surface area (Å²) in [5.74, 6) is 1.04. The van der Waals surface area contributed by atoms with E-state index < -0.39 is 5.60 Å². The average molecular weight is 327 g/mol. The van der Waals surface area contributed by atoms with Gasteiger partial charge < -0.3 is 19.4 Å². The van der Waals surface area contributed by atoms with Crippen molar-refractivity contribution in [2.75, 3.05) is 6.54 Å². The van der Waals surface area contributed by atoms with E-state index in [0.29, 0.717) is 18.7 Å². The molecule has 2 N–H and O–H groups in total. The molecular weight excluding hydrogens is 306 g/mol. The molecule has 1 unspecified atom stereocenters. The number of nitrogens with zero attached hydrogens (tertiary/aromatic N) is 2. The van der Waals surface area contributed by atoms with Gasteiger partial charge in [-0.3, -0.25) is 4.79 Å². The number of nitrogens with one attached hydrogen (secondary N) is 1. The first-order chi connectivity index (χ1) is 11.5. The monoisotopic (exact) mass is 327 g/mol. The second kappa shape index (κ2) is 6.49. The number of para-hydroxylation sites is 2. The maximum Gasteiger partial charge on any atom is 0.221 e. The number of hydrogen-bond acceptors (Lipinski definition) is 4. The molecule has 2 aromatic heterocycles. The van der Waals surface area contributed by atoms with Gasteiger partial charge in [-0.05, 0) is 38.1 Å². The van der Waals surface area contributed by atoms with Gasteiger partial charge in [-0.25, -0.2) is 4.98 Å². The van der Waals surface area contributed by atoms with E-state index in [2.05, 4.69) is 10.3 Å². The van der Waals surface area contributed by atoms with Crippen LogP contribution in [0.5, 0.6) is 0 Å². The SMILES string of the molecule is Cc1ccc(C(C)(O)CNC(=O)CCn2cnc3ccccc32)o1. The van der Waals surface area contributed by atoms with Crippen molar-refractivity contribution in [3.63, 3.8) is 0 Å². The summed E-state index contributed by atoms with van der Waals surface area (Å²) in [7, 11) is 0. The number of benzene rings is 1. The lowest BCUT2D eigenvalue weighted by Crippen LogP contribution is -2.38. The lowest BCUT2D eigenvalue weighted by Gasteiger charge is -2.21. The molecule has 0 spiro atoms. The van der Waals surface area contributed by atoms with Gasteiger partial charge in [-0.2, -0.15) is 0 Å². The van der Waals surface area contributed by atoms with Crippen LogP contribution in [0.25, 0.3) is 11.0 Å². The van der Waals surface area contributed by atoms with Gasteiger partial charge in [0.25, 0.3) is 0 Å². The Morgan fingerprint density at radius 1 is 1.33 bits per heavy atom. The molecule has 24 heavy (non-hydrogen) atoms. The fraction of sp³-hybridized carbons (Fsp3) is 0.333. The van der Waals surface area contributed by atoms with Crippen LogP contribution < -0.4 is 5.32 Å². The quantitative estimate of drug-likeness (QED) is 0.728. The van der Waals surface area contributed by atoms with Crippen LogP contribution in [0.15, 0.2) is 47.1 Å². The van der Waals surface area contributed by atoms with Crippen molar-refractivity contribution >= 4 is 16.9 Å². The normalized spacial score (nSPS) is 13.8. The first-order valence-electron chi connectivity index (χ1n) is 7.91. The van der Waals surface area contributed by atoms with Gasteiger partial charge >= 0.3 is 0 Å². The summed E-state index contributed by atoms with van der Waals surface area (Å²) in [6.45, 7) is 4.07. The van der Waals surface area contributed by atoms with Crippen LogP contribution in [-0.4, -0.2) is 27.1 Å². The Balaban J connectivity index is 1.54. The number of amides is 1. The van der Waals surface area contributed by atoms with Crippen LogP contribution in [0.2, 0.25) is 0 Å². The number of aromatic nitrogens is 2. The zero-order chi connectivity index (χ0) is 17.2. The number of carbonyl (C=O) groups is 1. The second-order valence-corrected chi connectivity index (χ2v) is 6.14. The minimum Gasteiger partial charge on any atom is -0.463 e. The minimum atomic E-state index is -1.23. The Morgan fingerprint density at radius 2 is 2.12 bits per heavy atom. The number of furan rings is 1. The van der Waals surface area contributed by atoms with E-state index >= 15 is 0 Å². The van der Waals surface area contributed by atoms with E-state index in [9.17, 15) is 9.90 Å². The molecule has 1 amide bonds. The third kappa shape index (κ3) is 3.49. The highest BCUT2D eigenvalue weighted by molar-refractivity contribution is 5.77. The zero-order valence-corrected chi connectivity index (χ0v) is 13.8. The maximum atomic E-state index is 12.1. The molecule has 2 heterocycles. The Morgan fingerprint density at radius 3 is 2.88 bits per heavy atom. The van der Waals surface area contributed by atoms with Crippen LogP contribution in [0.3, 0.4) is 0 Å². The summed E-state index contributed by atoms with van der Waals surface area (Å²) >= 11 is 0. The third-order valence-electron chi connectivity index (χ3n) is 4.01. The lowest BCUT2D eigenvalue weighted by molar-refractivity contribution is -0.122. The molecule has 3 aromatic rings. The van der Waals surface area contributed by atoms with Crippen molar-refractivity contribution in [3.05, 3.63) is 54.2 Å². The summed E-state index contributed by atoms with van der Waals surface area (Å²) in [5.41, 5.74) is 0.684. The Kier molecular flexibility index (Phi) is 4.40. The van der Waals surface area contributed by atoms with Crippen molar-refractivity contribution in [2.24, 2.45) is 0 Å². The highest BCUT2D eigenvalue weighted by Gasteiger charge is 2.27. The second-order valence-electron chi connectivity index (χ2n) is 6.14. The van der Waals surface area contributed by atoms with Crippen LogP contribution in [0.4, 0.5) is 0 Å². The average Bonchev–Trinajstić information content (AvgIpc) is 3.18. The predicted octanol–water partition coefficient (Wildman–Crippen LogP) is 2.35. The largest absolute Gasteiger partial charge is 0.463 e. The van der Waals surface area contributed by atoms with E-state index in [1.54, 1.807) is 25.4 Å². The number of fused-ring (bicyclic) bond motifs is 1. The number of imidazole rings is 1. The topological polar surface area (TPSA) is 80.3 Å². The van der Waals surface area contributed by atoms with Gasteiger partial charge in [0.1, 0.15) is 17.1 Å². The van der Waals surface area contributed by atoms with E-state index in [1.165, 1.54) is 0 Å². The van der Waals surface area contributed by atoms with Crippen molar-refractivity contribution in [1.29, 1.82) is 0 Å². The maximum absolute atomic E-state index is 12.1. The fourth-order valence-corrected chi connectivity index (χ4v) is 2.58.